The first-order valence-electron chi connectivity index (χ1n) is 10.1. The Morgan fingerprint density at radius 1 is 1.00 bits per heavy atom. The fourth-order valence-electron chi connectivity index (χ4n) is 3.74. The van der Waals surface area contributed by atoms with Crippen molar-refractivity contribution < 1.29 is 28.7 Å². The van der Waals surface area contributed by atoms with Gasteiger partial charge >= 0.3 is 5.97 Å². The molecule has 0 spiro atoms. The summed E-state index contributed by atoms with van der Waals surface area (Å²) in [7, 11) is 0. The zero-order valence-electron chi connectivity index (χ0n) is 17.1. The quantitative estimate of drug-likeness (QED) is 0.403. The summed E-state index contributed by atoms with van der Waals surface area (Å²) in [4.78, 5) is 51.8. The van der Waals surface area contributed by atoms with Crippen molar-refractivity contribution in [1.82, 2.24) is 4.90 Å². The Hall–Kier alpha value is -3.68. The lowest BCUT2D eigenvalue weighted by molar-refractivity contribution is -0.152. The Morgan fingerprint density at radius 3 is 2.32 bits per heavy atom. The second-order valence-corrected chi connectivity index (χ2v) is 7.39. The molecule has 2 aromatic rings. The summed E-state index contributed by atoms with van der Waals surface area (Å²) in [6, 6.07) is 13.8. The molecule has 160 valence electrons. The number of benzene rings is 2. The van der Waals surface area contributed by atoms with E-state index in [4.69, 9.17) is 9.47 Å². The number of unbranched alkanes of at least 4 members (excludes halogenated alkanes) is 1. The number of ether oxygens (including phenoxy) is 2. The van der Waals surface area contributed by atoms with Gasteiger partial charge in [-0.1, -0.05) is 24.3 Å². The number of carbonyl (C=O) groups is 4. The van der Waals surface area contributed by atoms with Crippen LogP contribution in [0.15, 0.2) is 48.5 Å². The Morgan fingerprint density at radius 2 is 1.65 bits per heavy atom. The third-order valence-corrected chi connectivity index (χ3v) is 5.32. The Kier molecular flexibility index (Phi) is 5.70. The molecular weight excluding hydrogens is 400 g/mol. The molecule has 2 aliphatic heterocycles. The van der Waals surface area contributed by atoms with Gasteiger partial charge < -0.3 is 14.4 Å². The van der Waals surface area contributed by atoms with E-state index >= 15 is 0 Å². The van der Waals surface area contributed by atoms with Gasteiger partial charge in [0.15, 0.2) is 0 Å². The highest BCUT2D eigenvalue weighted by molar-refractivity contribution is 6.21. The molecule has 2 aromatic carbocycles. The van der Waals surface area contributed by atoms with E-state index in [1.807, 2.05) is 0 Å². The predicted molar refractivity (Wildman–Crippen MR) is 111 cm³/mol. The van der Waals surface area contributed by atoms with E-state index in [2.05, 4.69) is 0 Å². The highest BCUT2D eigenvalue weighted by Crippen LogP contribution is 2.33. The lowest BCUT2D eigenvalue weighted by Gasteiger charge is -2.33. The van der Waals surface area contributed by atoms with Gasteiger partial charge in [-0.25, -0.2) is 4.79 Å². The van der Waals surface area contributed by atoms with Crippen LogP contribution in [0.2, 0.25) is 0 Å². The minimum atomic E-state index is -0.907. The van der Waals surface area contributed by atoms with Crippen molar-refractivity contribution in [2.24, 2.45) is 0 Å². The van der Waals surface area contributed by atoms with Crippen molar-refractivity contribution in [3.05, 3.63) is 59.7 Å². The smallest absolute Gasteiger partial charge is 0.349 e. The summed E-state index contributed by atoms with van der Waals surface area (Å²) in [5, 5.41) is 0. The van der Waals surface area contributed by atoms with Crippen LogP contribution in [-0.4, -0.2) is 54.4 Å². The van der Waals surface area contributed by atoms with Crippen LogP contribution in [0, 0.1) is 0 Å². The summed E-state index contributed by atoms with van der Waals surface area (Å²) in [5.74, 6) is -0.875. The minimum absolute atomic E-state index is 0.0836. The summed E-state index contributed by atoms with van der Waals surface area (Å²) in [6.45, 7) is 1.91. The first-order valence-corrected chi connectivity index (χ1v) is 10.1. The van der Waals surface area contributed by atoms with Crippen molar-refractivity contribution in [2.45, 2.75) is 25.9 Å². The number of amides is 3. The number of imide groups is 1. The molecule has 0 aliphatic carbocycles. The van der Waals surface area contributed by atoms with E-state index in [-0.39, 0.29) is 37.4 Å². The molecule has 0 unspecified atom stereocenters. The number of hydrogen-bond acceptors (Lipinski definition) is 6. The summed E-state index contributed by atoms with van der Waals surface area (Å²) < 4.78 is 11.0. The highest BCUT2D eigenvalue weighted by Gasteiger charge is 2.35. The van der Waals surface area contributed by atoms with Crippen molar-refractivity contribution in [2.75, 3.05) is 24.6 Å². The SMILES string of the molecule is CC(=O)N1C[C@H](C(=O)OCCCCN2C(=O)c3ccccc3C2=O)Oc2ccccc21. The van der Waals surface area contributed by atoms with Crippen molar-refractivity contribution in [3.63, 3.8) is 0 Å². The summed E-state index contributed by atoms with van der Waals surface area (Å²) >= 11 is 0. The predicted octanol–water partition coefficient (Wildman–Crippen LogP) is 2.42. The van der Waals surface area contributed by atoms with Crippen LogP contribution in [0.4, 0.5) is 5.69 Å². The van der Waals surface area contributed by atoms with E-state index in [1.54, 1.807) is 48.5 Å². The Balaban J connectivity index is 1.26. The maximum atomic E-state index is 12.4. The average Bonchev–Trinajstić information content (AvgIpc) is 3.02. The first-order chi connectivity index (χ1) is 15.0. The van der Waals surface area contributed by atoms with Gasteiger partial charge in [0.1, 0.15) is 5.75 Å². The Bertz CT molecular complexity index is 1010. The van der Waals surface area contributed by atoms with Crippen LogP contribution < -0.4 is 9.64 Å². The molecule has 0 aromatic heterocycles. The molecule has 4 rings (SSSR count). The van der Waals surface area contributed by atoms with Crippen molar-refractivity contribution >= 4 is 29.4 Å². The van der Waals surface area contributed by atoms with Crippen LogP contribution in [0.5, 0.6) is 5.75 Å². The van der Waals surface area contributed by atoms with E-state index in [9.17, 15) is 19.2 Å². The third kappa shape index (κ3) is 4.01. The van der Waals surface area contributed by atoms with Gasteiger partial charge in [-0.15, -0.1) is 0 Å². The van der Waals surface area contributed by atoms with E-state index in [1.165, 1.54) is 16.7 Å². The molecular formula is C23H22N2O6. The molecule has 3 amide bonds. The average molecular weight is 422 g/mol. The van der Waals surface area contributed by atoms with Crippen molar-refractivity contribution in [1.29, 1.82) is 0 Å². The number of hydrogen-bond donors (Lipinski definition) is 0. The fourth-order valence-corrected chi connectivity index (χ4v) is 3.74. The van der Waals surface area contributed by atoms with E-state index in [0.717, 1.165) is 0 Å². The minimum Gasteiger partial charge on any atom is -0.475 e. The first kappa shape index (κ1) is 20.6. The van der Waals surface area contributed by atoms with Crippen molar-refractivity contribution in [3.8, 4) is 5.75 Å². The van der Waals surface area contributed by atoms with Gasteiger partial charge in [-0.2, -0.15) is 0 Å². The number of anilines is 1. The molecule has 2 aliphatic rings. The lowest BCUT2D eigenvalue weighted by atomic mass is 10.1. The molecule has 2 heterocycles. The number of nitrogens with zero attached hydrogens (tertiary/aromatic N) is 2. The monoisotopic (exact) mass is 422 g/mol. The standard InChI is InChI=1S/C23H22N2O6/c1-15(26)25-14-20(31-19-11-5-4-10-18(19)25)23(29)30-13-7-6-12-24-21(27)16-8-2-3-9-17(16)22(24)28/h2-5,8-11,20H,6-7,12-14H2,1H3/t20-/m1/s1. The van der Waals surface area contributed by atoms with Gasteiger partial charge in [0.25, 0.3) is 11.8 Å². The molecule has 8 nitrogen and oxygen atoms in total. The van der Waals surface area contributed by atoms with Crippen LogP contribution in [-0.2, 0) is 14.3 Å². The number of para-hydroxylation sites is 2. The molecule has 0 saturated carbocycles. The van der Waals surface area contributed by atoms with Crippen LogP contribution in [0.3, 0.4) is 0 Å². The summed E-state index contributed by atoms with van der Waals surface area (Å²) in [5.41, 5.74) is 1.47. The van der Waals surface area contributed by atoms with Gasteiger partial charge in [-0.05, 0) is 37.1 Å². The lowest BCUT2D eigenvalue weighted by Crippen LogP contribution is -2.47. The number of rotatable bonds is 6. The zero-order chi connectivity index (χ0) is 22.0. The maximum Gasteiger partial charge on any atom is 0.349 e. The van der Waals surface area contributed by atoms with E-state index in [0.29, 0.717) is 35.4 Å². The topological polar surface area (TPSA) is 93.2 Å². The highest BCUT2D eigenvalue weighted by atomic mass is 16.6. The number of esters is 1. The third-order valence-electron chi connectivity index (χ3n) is 5.32. The molecule has 8 heteroatoms. The largest absolute Gasteiger partial charge is 0.475 e. The second kappa shape index (κ2) is 8.59. The van der Waals surface area contributed by atoms with Crippen LogP contribution >= 0.6 is 0 Å². The molecule has 0 N–H and O–H groups in total. The molecule has 0 saturated heterocycles. The van der Waals surface area contributed by atoms with Crippen LogP contribution in [0.1, 0.15) is 40.5 Å². The summed E-state index contributed by atoms with van der Waals surface area (Å²) in [6.07, 6.45) is 0.0842. The fraction of sp³-hybridized carbons (Fsp3) is 0.304. The number of fused-ring (bicyclic) bond motifs is 2. The van der Waals surface area contributed by atoms with Gasteiger partial charge in [0.2, 0.25) is 12.0 Å². The zero-order valence-corrected chi connectivity index (χ0v) is 17.1. The normalized spacial score (nSPS) is 17.1. The second-order valence-electron chi connectivity index (χ2n) is 7.39. The van der Waals surface area contributed by atoms with Gasteiger partial charge in [0.05, 0.1) is 30.0 Å². The molecule has 31 heavy (non-hydrogen) atoms. The molecule has 1 atom stereocenters. The van der Waals surface area contributed by atoms with Crippen LogP contribution in [0.25, 0.3) is 0 Å². The van der Waals surface area contributed by atoms with Gasteiger partial charge in [0, 0.05) is 13.5 Å². The maximum absolute atomic E-state index is 12.4. The number of carbonyl (C=O) groups excluding carboxylic acids is 4. The van der Waals surface area contributed by atoms with E-state index < -0.39 is 12.1 Å². The molecule has 0 fully saturated rings. The molecule has 0 radical (unpaired) electrons. The Labute approximate surface area is 179 Å². The van der Waals surface area contributed by atoms with Gasteiger partial charge in [-0.3, -0.25) is 19.3 Å². The molecule has 0 bridgehead atoms.